The summed E-state index contributed by atoms with van der Waals surface area (Å²) in [6.45, 7) is 0.793. The van der Waals surface area contributed by atoms with Crippen molar-refractivity contribution in [2.24, 2.45) is 0 Å². The highest BCUT2D eigenvalue weighted by Gasteiger charge is 2.15. The Balaban J connectivity index is 1.53. The Morgan fingerprint density at radius 2 is 1.21 bits per heavy atom. The molecule has 0 atom stereocenters. The number of hydrogen-bond acceptors (Lipinski definition) is 2. The van der Waals surface area contributed by atoms with Crippen molar-refractivity contribution in [3.8, 4) is 5.75 Å². The van der Waals surface area contributed by atoms with Gasteiger partial charge in [0.25, 0.3) is 0 Å². The third-order valence-corrected chi connectivity index (χ3v) is 4.66. The van der Waals surface area contributed by atoms with Crippen LogP contribution in [0.25, 0.3) is 0 Å². The van der Waals surface area contributed by atoms with Crippen molar-refractivity contribution in [3.05, 3.63) is 126 Å². The number of nitrogens with two attached hydrogens (primary N) is 1. The van der Waals surface area contributed by atoms with E-state index in [0.717, 1.165) is 29.1 Å². The Bertz CT molecular complexity index is 958. The molecule has 1 heterocycles. The lowest BCUT2D eigenvalue weighted by Crippen LogP contribution is -2.33. The molecule has 4 aromatic rings. The fourth-order valence-corrected chi connectivity index (χ4v) is 3.18. The van der Waals surface area contributed by atoms with Gasteiger partial charge in [-0.3, -0.25) is 0 Å². The predicted molar refractivity (Wildman–Crippen MR) is 112 cm³/mol. The number of benzene rings is 3. The lowest BCUT2D eigenvalue weighted by Gasteiger charge is -2.20. The average molecular weight is 367 g/mol. The average Bonchev–Trinajstić information content (AvgIpc) is 2.76. The molecule has 0 unspecified atom stereocenters. The van der Waals surface area contributed by atoms with E-state index >= 15 is 0 Å². The molecule has 0 spiro atoms. The molecule has 4 rings (SSSR count). The first-order chi connectivity index (χ1) is 13.8. The van der Waals surface area contributed by atoms with Gasteiger partial charge in [-0.2, -0.15) is 0 Å². The molecule has 3 nitrogen and oxygen atoms in total. The van der Waals surface area contributed by atoms with E-state index in [1.54, 1.807) is 0 Å². The summed E-state index contributed by atoms with van der Waals surface area (Å²) in [5.41, 5.74) is 10.00. The van der Waals surface area contributed by atoms with E-state index in [2.05, 4.69) is 41.0 Å². The summed E-state index contributed by atoms with van der Waals surface area (Å²) in [5, 5.41) is 0. The molecule has 0 radical (unpaired) electrons. The summed E-state index contributed by atoms with van der Waals surface area (Å²) in [5.74, 6) is 0.851. The van der Waals surface area contributed by atoms with Crippen molar-refractivity contribution in [2.45, 2.75) is 12.6 Å². The summed E-state index contributed by atoms with van der Waals surface area (Å²) in [6.07, 6.45) is 3.83. The molecule has 0 saturated carbocycles. The van der Waals surface area contributed by atoms with Crippen molar-refractivity contribution in [2.75, 3.05) is 5.73 Å². The number of pyridine rings is 1. The molecule has 0 aliphatic heterocycles. The van der Waals surface area contributed by atoms with Gasteiger partial charge in [-0.05, 0) is 35.4 Å². The van der Waals surface area contributed by atoms with Gasteiger partial charge in [-0.1, -0.05) is 60.7 Å². The molecular weight excluding hydrogens is 344 g/mol. The lowest BCUT2D eigenvalue weighted by atomic mass is 10.0. The van der Waals surface area contributed by atoms with Crippen molar-refractivity contribution < 1.29 is 9.30 Å². The molecule has 1 aromatic heterocycles. The Kier molecular flexibility index (Phi) is 5.34. The SMILES string of the molecule is Nc1cc[n+](Cc2ccc(OC(c3ccccc3)c3ccccc3)cc2)cc1. The van der Waals surface area contributed by atoms with E-state index < -0.39 is 0 Å². The standard InChI is InChI=1S/C25H22N2O/c26-23-15-17-27(18-16-23)19-20-11-13-24(14-12-20)28-25(21-7-3-1-4-8-21)22-9-5-2-6-10-22/h1-18,25-26H,19H2/p+1. The number of hydrogen-bond donors (Lipinski definition) is 1. The number of ether oxygens (including phenoxy) is 1. The van der Waals surface area contributed by atoms with E-state index in [1.807, 2.05) is 73.1 Å². The maximum atomic E-state index is 6.38. The van der Waals surface area contributed by atoms with E-state index in [0.29, 0.717) is 0 Å². The van der Waals surface area contributed by atoms with Crippen molar-refractivity contribution in [1.29, 1.82) is 0 Å². The minimum Gasteiger partial charge on any atom is -0.481 e. The quantitative estimate of drug-likeness (QED) is 0.499. The second kappa shape index (κ2) is 8.40. The topological polar surface area (TPSA) is 39.1 Å². The minimum atomic E-state index is -0.139. The number of aromatic nitrogens is 1. The summed E-state index contributed by atoms with van der Waals surface area (Å²) in [4.78, 5) is 0. The number of anilines is 1. The van der Waals surface area contributed by atoms with E-state index in [1.165, 1.54) is 5.56 Å². The molecule has 2 N–H and O–H groups in total. The van der Waals surface area contributed by atoms with E-state index in [9.17, 15) is 0 Å². The van der Waals surface area contributed by atoms with Crippen molar-refractivity contribution >= 4 is 5.69 Å². The van der Waals surface area contributed by atoms with Crippen LogP contribution in [-0.2, 0) is 6.54 Å². The molecule has 0 aliphatic carbocycles. The minimum absolute atomic E-state index is 0.139. The second-order valence-corrected chi connectivity index (χ2v) is 6.77. The molecule has 0 fully saturated rings. The smallest absolute Gasteiger partial charge is 0.173 e. The van der Waals surface area contributed by atoms with Crippen LogP contribution in [0.2, 0.25) is 0 Å². The van der Waals surface area contributed by atoms with Gasteiger partial charge in [0, 0.05) is 23.4 Å². The molecule has 0 aliphatic rings. The fourth-order valence-electron chi connectivity index (χ4n) is 3.18. The van der Waals surface area contributed by atoms with Crippen molar-refractivity contribution in [1.82, 2.24) is 0 Å². The van der Waals surface area contributed by atoms with Crippen LogP contribution in [0, 0.1) is 0 Å². The monoisotopic (exact) mass is 367 g/mol. The molecule has 0 amide bonds. The molecule has 138 valence electrons. The zero-order valence-electron chi connectivity index (χ0n) is 15.6. The van der Waals surface area contributed by atoms with Crippen LogP contribution in [-0.4, -0.2) is 0 Å². The maximum absolute atomic E-state index is 6.38. The van der Waals surface area contributed by atoms with Gasteiger partial charge in [-0.15, -0.1) is 0 Å². The third kappa shape index (κ3) is 4.38. The Morgan fingerprint density at radius 1 is 0.679 bits per heavy atom. The zero-order chi connectivity index (χ0) is 19.2. The van der Waals surface area contributed by atoms with Crippen LogP contribution in [0.3, 0.4) is 0 Å². The first-order valence-electron chi connectivity index (χ1n) is 9.38. The van der Waals surface area contributed by atoms with Crippen LogP contribution in [0.15, 0.2) is 109 Å². The van der Waals surface area contributed by atoms with Crippen molar-refractivity contribution in [3.63, 3.8) is 0 Å². The molecule has 28 heavy (non-hydrogen) atoms. The van der Waals surface area contributed by atoms with Crippen LogP contribution in [0.1, 0.15) is 22.8 Å². The Hall–Kier alpha value is -3.59. The summed E-state index contributed by atoms with van der Waals surface area (Å²) in [7, 11) is 0. The summed E-state index contributed by atoms with van der Waals surface area (Å²) >= 11 is 0. The number of nitrogen functional groups attached to an aromatic ring is 1. The zero-order valence-corrected chi connectivity index (χ0v) is 15.6. The number of rotatable bonds is 6. The highest BCUT2D eigenvalue weighted by Crippen LogP contribution is 2.28. The molecule has 3 heteroatoms. The lowest BCUT2D eigenvalue weighted by molar-refractivity contribution is -0.688. The van der Waals surface area contributed by atoms with Crippen LogP contribution >= 0.6 is 0 Å². The van der Waals surface area contributed by atoms with Gasteiger partial charge in [-0.25, -0.2) is 4.57 Å². The number of nitrogens with zero attached hydrogens (tertiary/aromatic N) is 1. The molecule has 0 saturated heterocycles. The van der Waals surface area contributed by atoms with Gasteiger partial charge in [0.1, 0.15) is 11.9 Å². The second-order valence-electron chi connectivity index (χ2n) is 6.77. The van der Waals surface area contributed by atoms with Crippen LogP contribution in [0.4, 0.5) is 5.69 Å². The van der Waals surface area contributed by atoms with Gasteiger partial charge in [0.15, 0.2) is 18.9 Å². The normalized spacial score (nSPS) is 10.8. The van der Waals surface area contributed by atoms with Gasteiger partial charge >= 0.3 is 0 Å². The first kappa shape index (κ1) is 17.8. The largest absolute Gasteiger partial charge is 0.481 e. The molecule has 3 aromatic carbocycles. The molecular formula is C25H23N2O+. The third-order valence-electron chi connectivity index (χ3n) is 4.66. The predicted octanol–water partition coefficient (Wildman–Crippen LogP) is 4.77. The maximum Gasteiger partial charge on any atom is 0.173 e. The van der Waals surface area contributed by atoms with Gasteiger partial charge in [0.2, 0.25) is 0 Å². The highest BCUT2D eigenvalue weighted by atomic mass is 16.5. The van der Waals surface area contributed by atoms with Gasteiger partial charge in [0.05, 0.1) is 0 Å². The van der Waals surface area contributed by atoms with Gasteiger partial charge < -0.3 is 10.5 Å². The van der Waals surface area contributed by atoms with E-state index in [4.69, 9.17) is 10.5 Å². The Labute approximate surface area is 165 Å². The summed E-state index contributed by atoms with van der Waals surface area (Å²) < 4.78 is 8.48. The fraction of sp³-hybridized carbons (Fsp3) is 0.0800. The highest BCUT2D eigenvalue weighted by molar-refractivity contribution is 5.34. The summed E-state index contributed by atoms with van der Waals surface area (Å²) in [6, 6.07) is 32.7. The van der Waals surface area contributed by atoms with Crippen LogP contribution < -0.4 is 15.0 Å². The van der Waals surface area contributed by atoms with E-state index in [-0.39, 0.29) is 6.10 Å². The molecule has 0 bridgehead atoms. The van der Waals surface area contributed by atoms with Crippen LogP contribution in [0.5, 0.6) is 5.75 Å². The Morgan fingerprint density at radius 3 is 1.75 bits per heavy atom. The first-order valence-corrected chi connectivity index (χ1v) is 9.38.